The Balaban J connectivity index is 0.867. The molecule has 3 aromatic heterocycles. The van der Waals surface area contributed by atoms with Crippen LogP contribution in [0.2, 0.25) is 0 Å². The molecule has 76 heavy (non-hydrogen) atoms. The molecule has 0 fully saturated rings. The maximum atomic E-state index is 2.42. The average molecular weight is 969 g/mol. The minimum Gasteiger partial charge on any atom is -0.311 e. The van der Waals surface area contributed by atoms with Crippen molar-refractivity contribution in [2.24, 2.45) is 0 Å². The predicted molar refractivity (Wildman–Crippen MR) is 320 cm³/mol. The first-order chi connectivity index (χ1) is 37.7. The van der Waals surface area contributed by atoms with E-state index in [1.54, 1.807) is 0 Å². The summed E-state index contributed by atoms with van der Waals surface area (Å²) < 4.78 is 7.21. The average Bonchev–Trinajstić information content (AvgIpc) is 4.15. The van der Waals surface area contributed by atoms with Crippen molar-refractivity contribution in [1.82, 2.24) is 13.7 Å². The van der Waals surface area contributed by atoms with E-state index >= 15 is 0 Å². The van der Waals surface area contributed by atoms with Crippen molar-refractivity contribution in [3.8, 4) is 50.4 Å². The number of hydrogen-bond donors (Lipinski definition) is 0. The standard InChI is InChI=1S/C72H48N4/c1-6-18-55(19-7-1)73(56-20-8-2-9-21-56)60-37-30-49(31-38-60)50-32-39-69-63(44-50)64-47-53(35-42-70(64)75(69)58-24-12-4-13-25-58)54-36-43-72-66(48-54)65-46-52(34-41-71(65)76(72)59-26-14-5-15-27-59)51-33-40-68-62(45-51)61-28-16-17-29-67(61)74(68)57-22-10-3-11-23-57/h1-48H. The molecule has 15 aromatic rings. The molecule has 3 heterocycles. The summed E-state index contributed by atoms with van der Waals surface area (Å²) in [5.41, 5.74) is 21.0. The molecule has 4 nitrogen and oxygen atoms in total. The highest BCUT2D eigenvalue weighted by Crippen LogP contribution is 2.43. The molecule has 0 aliphatic carbocycles. The maximum Gasteiger partial charge on any atom is 0.0541 e. The number of aromatic nitrogens is 3. The molecule has 0 saturated heterocycles. The first-order valence-electron chi connectivity index (χ1n) is 26.1. The number of anilines is 3. The van der Waals surface area contributed by atoms with E-state index in [1.165, 1.54) is 98.8 Å². The van der Waals surface area contributed by atoms with E-state index in [0.717, 1.165) is 34.1 Å². The van der Waals surface area contributed by atoms with Crippen LogP contribution < -0.4 is 4.90 Å². The first-order valence-corrected chi connectivity index (χ1v) is 26.1. The Kier molecular flexibility index (Phi) is 10.2. The summed E-state index contributed by atoms with van der Waals surface area (Å²) in [5, 5.41) is 7.36. The summed E-state index contributed by atoms with van der Waals surface area (Å²) >= 11 is 0. The quantitative estimate of drug-likeness (QED) is 0.141. The van der Waals surface area contributed by atoms with Gasteiger partial charge in [0.05, 0.1) is 33.1 Å². The fraction of sp³-hybridized carbons (Fsp3) is 0. The van der Waals surface area contributed by atoms with Crippen molar-refractivity contribution in [1.29, 1.82) is 0 Å². The molecule has 356 valence electrons. The van der Waals surface area contributed by atoms with Crippen LogP contribution in [0.3, 0.4) is 0 Å². The third-order valence-corrected chi connectivity index (χ3v) is 15.4. The SMILES string of the molecule is c1ccc(N(c2ccccc2)c2ccc(-c3ccc4c(c3)c3cc(-c5ccc6c(c5)c5cc(-c7ccc8c(c7)c7ccccc7n8-c7ccccc7)ccc5n6-c5ccccc5)ccc3n4-c3ccccc3)cc2)cc1. The minimum absolute atomic E-state index is 1.11. The van der Waals surface area contributed by atoms with Gasteiger partial charge >= 0.3 is 0 Å². The fourth-order valence-electron chi connectivity index (χ4n) is 11.9. The van der Waals surface area contributed by atoms with Crippen LogP contribution in [-0.4, -0.2) is 13.7 Å². The van der Waals surface area contributed by atoms with Gasteiger partial charge in [-0.2, -0.15) is 0 Å². The van der Waals surface area contributed by atoms with E-state index in [0.29, 0.717) is 0 Å². The zero-order valence-corrected chi connectivity index (χ0v) is 41.5. The second-order valence-corrected chi connectivity index (χ2v) is 19.7. The van der Waals surface area contributed by atoms with Crippen molar-refractivity contribution in [3.05, 3.63) is 291 Å². The number of benzene rings is 12. The number of nitrogens with zero attached hydrogens (tertiary/aromatic N) is 4. The van der Waals surface area contributed by atoms with Crippen LogP contribution in [0.5, 0.6) is 0 Å². The highest BCUT2D eigenvalue weighted by molar-refractivity contribution is 6.15. The number of rotatable bonds is 9. The Morgan fingerprint density at radius 2 is 0.434 bits per heavy atom. The normalized spacial score (nSPS) is 11.7. The molecule has 0 aliphatic rings. The van der Waals surface area contributed by atoms with E-state index < -0.39 is 0 Å². The number of para-hydroxylation sites is 6. The van der Waals surface area contributed by atoms with Crippen LogP contribution in [0.15, 0.2) is 291 Å². The smallest absolute Gasteiger partial charge is 0.0541 e. The molecule has 0 aliphatic heterocycles. The Hall–Kier alpha value is -10.2. The monoisotopic (exact) mass is 968 g/mol. The third-order valence-electron chi connectivity index (χ3n) is 15.4. The van der Waals surface area contributed by atoms with Crippen LogP contribution >= 0.6 is 0 Å². The Morgan fingerprint density at radius 3 is 0.789 bits per heavy atom. The van der Waals surface area contributed by atoms with Gasteiger partial charge in [-0.3, -0.25) is 0 Å². The van der Waals surface area contributed by atoms with Crippen molar-refractivity contribution in [3.63, 3.8) is 0 Å². The van der Waals surface area contributed by atoms with E-state index in [-0.39, 0.29) is 0 Å². The van der Waals surface area contributed by atoms with Gasteiger partial charge in [0.25, 0.3) is 0 Å². The minimum atomic E-state index is 1.11. The lowest BCUT2D eigenvalue weighted by atomic mass is 9.98. The van der Waals surface area contributed by atoms with Gasteiger partial charge in [-0.15, -0.1) is 0 Å². The van der Waals surface area contributed by atoms with Gasteiger partial charge in [-0.05, 0) is 173 Å². The summed E-state index contributed by atoms with van der Waals surface area (Å²) in [5.74, 6) is 0. The largest absolute Gasteiger partial charge is 0.311 e. The molecule has 0 unspecified atom stereocenters. The number of hydrogen-bond acceptors (Lipinski definition) is 1. The lowest BCUT2D eigenvalue weighted by Crippen LogP contribution is -2.09. The zero-order chi connectivity index (χ0) is 50.1. The van der Waals surface area contributed by atoms with E-state index in [1.807, 2.05) is 0 Å². The van der Waals surface area contributed by atoms with Gasteiger partial charge in [-0.25, -0.2) is 0 Å². The summed E-state index contributed by atoms with van der Waals surface area (Å²) in [6, 6.07) is 106. The van der Waals surface area contributed by atoms with E-state index in [4.69, 9.17) is 0 Å². The van der Waals surface area contributed by atoms with Gasteiger partial charge in [-0.1, -0.05) is 152 Å². The van der Waals surface area contributed by atoms with Crippen molar-refractivity contribution < 1.29 is 0 Å². The van der Waals surface area contributed by atoms with Gasteiger partial charge in [0, 0.05) is 66.4 Å². The lowest BCUT2D eigenvalue weighted by molar-refractivity contribution is 1.18. The van der Waals surface area contributed by atoms with Crippen LogP contribution in [-0.2, 0) is 0 Å². The predicted octanol–water partition coefficient (Wildman–Crippen LogP) is 19.4. The molecule has 0 radical (unpaired) electrons. The molecule has 4 heteroatoms. The first kappa shape index (κ1) is 43.4. The summed E-state index contributed by atoms with van der Waals surface area (Å²) in [7, 11) is 0. The van der Waals surface area contributed by atoms with Crippen LogP contribution in [0.4, 0.5) is 17.1 Å². The van der Waals surface area contributed by atoms with Crippen molar-refractivity contribution in [2.75, 3.05) is 4.90 Å². The molecule has 0 spiro atoms. The molecule has 12 aromatic carbocycles. The molecule has 0 bridgehead atoms. The third kappa shape index (κ3) is 7.14. The van der Waals surface area contributed by atoms with Gasteiger partial charge in [0.2, 0.25) is 0 Å². The zero-order valence-electron chi connectivity index (χ0n) is 41.5. The highest BCUT2D eigenvalue weighted by Gasteiger charge is 2.20. The van der Waals surface area contributed by atoms with Crippen LogP contribution in [0.25, 0.3) is 116 Å². The highest BCUT2D eigenvalue weighted by atomic mass is 15.1. The van der Waals surface area contributed by atoms with Gasteiger partial charge in [0.15, 0.2) is 0 Å². The molecule has 0 atom stereocenters. The van der Waals surface area contributed by atoms with E-state index in [9.17, 15) is 0 Å². The molecule has 0 N–H and O–H groups in total. The summed E-state index contributed by atoms with van der Waals surface area (Å²) in [4.78, 5) is 2.31. The lowest BCUT2D eigenvalue weighted by Gasteiger charge is -2.25. The Morgan fingerprint density at radius 1 is 0.184 bits per heavy atom. The molecule has 0 saturated carbocycles. The Labute approximate surface area is 440 Å². The topological polar surface area (TPSA) is 18.0 Å². The van der Waals surface area contributed by atoms with Crippen LogP contribution in [0.1, 0.15) is 0 Å². The molecular formula is C72H48N4. The maximum absolute atomic E-state index is 2.42. The Bertz CT molecular complexity index is 4610. The van der Waals surface area contributed by atoms with E-state index in [2.05, 4.69) is 310 Å². The summed E-state index contributed by atoms with van der Waals surface area (Å²) in [6.07, 6.45) is 0. The summed E-state index contributed by atoms with van der Waals surface area (Å²) in [6.45, 7) is 0. The van der Waals surface area contributed by atoms with Crippen LogP contribution in [0, 0.1) is 0 Å². The molecular weight excluding hydrogens is 921 g/mol. The second kappa shape index (κ2) is 17.8. The van der Waals surface area contributed by atoms with Crippen molar-refractivity contribution >= 4 is 82.5 Å². The fourth-order valence-corrected chi connectivity index (χ4v) is 11.9. The number of fused-ring (bicyclic) bond motifs is 9. The molecule has 0 amide bonds. The van der Waals surface area contributed by atoms with Gasteiger partial charge in [0.1, 0.15) is 0 Å². The van der Waals surface area contributed by atoms with Gasteiger partial charge < -0.3 is 18.6 Å². The molecule has 15 rings (SSSR count). The van der Waals surface area contributed by atoms with Crippen molar-refractivity contribution in [2.45, 2.75) is 0 Å². The second-order valence-electron chi connectivity index (χ2n) is 19.7.